The summed E-state index contributed by atoms with van der Waals surface area (Å²) in [6.07, 6.45) is 0.583. The summed E-state index contributed by atoms with van der Waals surface area (Å²) in [6, 6.07) is 14.0. The van der Waals surface area contributed by atoms with Gasteiger partial charge >= 0.3 is 0 Å². The smallest absolute Gasteiger partial charge is 0.118 e. The molecule has 0 saturated carbocycles. The van der Waals surface area contributed by atoms with Crippen LogP contribution in [0.1, 0.15) is 29.2 Å². The van der Waals surface area contributed by atoms with Crippen molar-refractivity contribution in [3.63, 3.8) is 0 Å². The summed E-state index contributed by atoms with van der Waals surface area (Å²) in [5.74, 6) is 0.833. The molecule has 2 nitrogen and oxygen atoms in total. The van der Waals surface area contributed by atoms with Crippen molar-refractivity contribution in [3.8, 4) is 5.75 Å². The quantitative estimate of drug-likeness (QED) is 0.916. The highest BCUT2D eigenvalue weighted by Gasteiger charge is 2.23. The van der Waals surface area contributed by atoms with Crippen LogP contribution in [0.4, 0.5) is 0 Å². The minimum Gasteiger partial charge on any atom is -0.497 e. The fourth-order valence-corrected chi connectivity index (χ4v) is 2.32. The van der Waals surface area contributed by atoms with E-state index in [0.29, 0.717) is 6.42 Å². The van der Waals surface area contributed by atoms with E-state index in [0.717, 1.165) is 16.9 Å². The molecule has 1 N–H and O–H groups in total. The second-order valence-electron chi connectivity index (χ2n) is 5.60. The molecule has 20 heavy (non-hydrogen) atoms. The standard InChI is InChI=1S/C18H22O2/c1-13-5-8-16(11-14(13)2)18(3,19)12-15-6-9-17(20-4)10-7-15/h5-11,19H,12H2,1-4H3. The lowest BCUT2D eigenvalue weighted by Gasteiger charge is -2.25. The van der Waals surface area contributed by atoms with E-state index < -0.39 is 5.60 Å². The van der Waals surface area contributed by atoms with Gasteiger partial charge in [0, 0.05) is 6.42 Å². The third-order valence-corrected chi connectivity index (χ3v) is 3.84. The zero-order valence-corrected chi connectivity index (χ0v) is 12.6. The van der Waals surface area contributed by atoms with Gasteiger partial charge in [0.25, 0.3) is 0 Å². The molecular formula is C18H22O2. The number of hydrogen-bond acceptors (Lipinski definition) is 2. The molecule has 2 heteroatoms. The first-order valence-corrected chi connectivity index (χ1v) is 6.85. The Morgan fingerprint density at radius 3 is 2.20 bits per heavy atom. The van der Waals surface area contributed by atoms with Crippen LogP contribution in [-0.4, -0.2) is 12.2 Å². The van der Waals surface area contributed by atoms with E-state index >= 15 is 0 Å². The average Bonchev–Trinajstić information content (AvgIpc) is 2.42. The fourth-order valence-electron chi connectivity index (χ4n) is 2.32. The van der Waals surface area contributed by atoms with Crippen LogP contribution < -0.4 is 4.74 Å². The molecule has 2 aromatic rings. The lowest BCUT2D eigenvalue weighted by molar-refractivity contribution is 0.0575. The van der Waals surface area contributed by atoms with E-state index in [2.05, 4.69) is 26.0 Å². The Morgan fingerprint density at radius 2 is 1.65 bits per heavy atom. The number of hydrogen-bond donors (Lipinski definition) is 1. The first kappa shape index (κ1) is 14.6. The minimum absolute atomic E-state index is 0.583. The fraction of sp³-hybridized carbons (Fsp3) is 0.333. The number of methoxy groups -OCH3 is 1. The maximum Gasteiger partial charge on any atom is 0.118 e. The van der Waals surface area contributed by atoms with Crippen molar-refractivity contribution in [2.45, 2.75) is 32.8 Å². The van der Waals surface area contributed by atoms with Crippen molar-refractivity contribution in [2.75, 3.05) is 7.11 Å². The van der Waals surface area contributed by atoms with Crippen LogP contribution in [0.15, 0.2) is 42.5 Å². The second kappa shape index (κ2) is 5.68. The number of ether oxygens (including phenoxy) is 1. The molecular weight excluding hydrogens is 248 g/mol. The summed E-state index contributed by atoms with van der Waals surface area (Å²) in [5, 5.41) is 10.7. The van der Waals surface area contributed by atoms with Crippen molar-refractivity contribution in [1.82, 2.24) is 0 Å². The van der Waals surface area contributed by atoms with E-state index in [4.69, 9.17) is 4.74 Å². The summed E-state index contributed by atoms with van der Waals surface area (Å²) in [4.78, 5) is 0. The summed E-state index contributed by atoms with van der Waals surface area (Å²) < 4.78 is 5.15. The normalized spacial score (nSPS) is 13.8. The van der Waals surface area contributed by atoms with Crippen LogP contribution >= 0.6 is 0 Å². The highest BCUT2D eigenvalue weighted by atomic mass is 16.5. The number of aryl methyl sites for hydroxylation is 2. The molecule has 0 saturated heterocycles. The zero-order valence-electron chi connectivity index (χ0n) is 12.6. The Hall–Kier alpha value is -1.80. The zero-order chi connectivity index (χ0) is 14.8. The van der Waals surface area contributed by atoms with Crippen molar-refractivity contribution >= 4 is 0 Å². The molecule has 0 spiro atoms. The van der Waals surface area contributed by atoms with Crippen LogP contribution in [-0.2, 0) is 12.0 Å². The van der Waals surface area contributed by atoms with Gasteiger partial charge in [-0.25, -0.2) is 0 Å². The molecule has 0 heterocycles. The molecule has 0 aliphatic carbocycles. The van der Waals surface area contributed by atoms with Gasteiger partial charge in [-0.05, 0) is 55.2 Å². The van der Waals surface area contributed by atoms with E-state index in [1.165, 1.54) is 11.1 Å². The predicted molar refractivity (Wildman–Crippen MR) is 82.2 cm³/mol. The Balaban J connectivity index is 2.22. The maximum absolute atomic E-state index is 10.7. The highest BCUT2D eigenvalue weighted by Crippen LogP contribution is 2.27. The Labute approximate surface area is 121 Å². The van der Waals surface area contributed by atoms with E-state index in [1.807, 2.05) is 37.3 Å². The van der Waals surface area contributed by atoms with Gasteiger partial charge in [-0.15, -0.1) is 0 Å². The third-order valence-electron chi connectivity index (χ3n) is 3.84. The molecule has 1 atom stereocenters. The largest absolute Gasteiger partial charge is 0.497 e. The SMILES string of the molecule is COc1ccc(CC(C)(O)c2ccc(C)c(C)c2)cc1. The van der Waals surface area contributed by atoms with Gasteiger partial charge in [-0.3, -0.25) is 0 Å². The summed E-state index contributed by atoms with van der Waals surface area (Å²) in [6.45, 7) is 6.01. The Kier molecular flexibility index (Phi) is 4.15. The van der Waals surface area contributed by atoms with Gasteiger partial charge < -0.3 is 9.84 Å². The lowest BCUT2D eigenvalue weighted by atomic mass is 9.87. The maximum atomic E-state index is 10.7. The molecule has 0 aliphatic rings. The first-order valence-electron chi connectivity index (χ1n) is 6.85. The summed E-state index contributed by atoms with van der Waals surface area (Å²) in [5.41, 5.74) is 3.63. The minimum atomic E-state index is -0.868. The molecule has 0 bridgehead atoms. The molecule has 0 amide bonds. The van der Waals surface area contributed by atoms with Crippen LogP contribution in [0.25, 0.3) is 0 Å². The lowest BCUT2D eigenvalue weighted by Crippen LogP contribution is -2.24. The molecule has 2 aromatic carbocycles. The number of benzene rings is 2. The van der Waals surface area contributed by atoms with E-state index in [-0.39, 0.29) is 0 Å². The molecule has 0 radical (unpaired) electrons. The third kappa shape index (κ3) is 3.20. The predicted octanol–water partition coefficient (Wildman–Crippen LogP) is 3.76. The molecule has 0 fully saturated rings. The molecule has 106 valence electrons. The topological polar surface area (TPSA) is 29.5 Å². The summed E-state index contributed by atoms with van der Waals surface area (Å²) in [7, 11) is 1.65. The van der Waals surface area contributed by atoms with Crippen LogP contribution in [0.2, 0.25) is 0 Å². The van der Waals surface area contributed by atoms with Crippen molar-refractivity contribution in [2.24, 2.45) is 0 Å². The van der Waals surface area contributed by atoms with Gasteiger partial charge in [0.2, 0.25) is 0 Å². The first-order chi connectivity index (χ1) is 9.42. The van der Waals surface area contributed by atoms with Gasteiger partial charge in [0.05, 0.1) is 12.7 Å². The number of aliphatic hydroxyl groups is 1. The van der Waals surface area contributed by atoms with Crippen molar-refractivity contribution < 1.29 is 9.84 Å². The van der Waals surface area contributed by atoms with Crippen molar-refractivity contribution in [3.05, 3.63) is 64.7 Å². The molecule has 2 rings (SSSR count). The van der Waals surface area contributed by atoms with Gasteiger partial charge in [-0.2, -0.15) is 0 Å². The van der Waals surface area contributed by atoms with Crippen LogP contribution in [0.5, 0.6) is 5.75 Å². The van der Waals surface area contributed by atoms with Gasteiger partial charge in [-0.1, -0.05) is 30.3 Å². The van der Waals surface area contributed by atoms with Gasteiger partial charge in [0.1, 0.15) is 5.75 Å². The van der Waals surface area contributed by atoms with Gasteiger partial charge in [0.15, 0.2) is 0 Å². The summed E-state index contributed by atoms with van der Waals surface area (Å²) >= 11 is 0. The average molecular weight is 270 g/mol. The second-order valence-corrected chi connectivity index (χ2v) is 5.60. The molecule has 0 aromatic heterocycles. The monoisotopic (exact) mass is 270 g/mol. The number of rotatable bonds is 4. The molecule has 0 aliphatic heterocycles. The van der Waals surface area contributed by atoms with Crippen LogP contribution in [0.3, 0.4) is 0 Å². The van der Waals surface area contributed by atoms with E-state index in [1.54, 1.807) is 7.11 Å². The molecule has 1 unspecified atom stereocenters. The van der Waals surface area contributed by atoms with Crippen molar-refractivity contribution in [1.29, 1.82) is 0 Å². The van der Waals surface area contributed by atoms with Crippen LogP contribution in [0, 0.1) is 13.8 Å². The van der Waals surface area contributed by atoms with E-state index in [9.17, 15) is 5.11 Å². The Bertz CT molecular complexity index is 583. The highest BCUT2D eigenvalue weighted by molar-refractivity contribution is 5.35. The Morgan fingerprint density at radius 1 is 1.00 bits per heavy atom.